The molecule has 3 nitrogen and oxygen atoms in total. The van der Waals surface area contributed by atoms with Crippen molar-refractivity contribution in [2.45, 2.75) is 6.92 Å². The van der Waals surface area contributed by atoms with E-state index in [2.05, 4.69) is 5.10 Å². The van der Waals surface area contributed by atoms with Gasteiger partial charge in [-0.25, -0.2) is 4.39 Å². The zero-order valence-electron chi connectivity index (χ0n) is 7.34. The molecule has 0 aliphatic rings. The van der Waals surface area contributed by atoms with Gasteiger partial charge in [0.05, 0.1) is 13.3 Å². The molecule has 0 atom stereocenters. The van der Waals surface area contributed by atoms with Crippen molar-refractivity contribution in [3.63, 3.8) is 0 Å². The average Bonchev–Trinajstić information content (AvgIpc) is 2.38. The highest BCUT2D eigenvalue weighted by atomic mass is 19.1. The van der Waals surface area contributed by atoms with E-state index in [4.69, 9.17) is 4.74 Å². The van der Waals surface area contributed by atoms with Crippen molar-refractivity contribution in [3.8, 4) is 0 Å². The van der Waals surface area contributed by atoms with E-state index in [-0.39, 0.29) is 5.82 Å². The first kappa shape index (κ1) is 8.77. The third-order valence-corrected chi connectivity index (χ3v) is 1.61. The number of ether oxygens (including phenoxy) is 1. The standard InChI is InChI=1S/C8H11FN2O/c1-4-7(12-3)8-6(9)5-10-11(8)2/h4-5H,1-3H3/b7-4+. The van der Waals surface area contributed by atoms with Gasteiger partial charge in [-0.15, -0.1) is 0 Å². The molecule has 0 fully saturated rings. The summed E-state index contributed by atoms with van der Waals surface area (Å²) in [4.78, 5) is 0. The molecule has 0 amide bonds. The number of nitrogens with zero attached hydrogens (tertiary/aromatic N) is 2. The molecule has 0 radical (unpaired) electrons. The normalized spacial score (nSPS) is 11.8. The second kappa shape index (κ2) is 3.38. The molecule has 0 aliphatic heterocycles. The van der Waals surface area contributed by atoms with Crippen LogP contribution in [-0.4, -0.2) is 16.9 Å². The number of allylic oxidation sites excluding steroid dienone is 1. The highest BCUT2D eigenvalue weighted by Gasteiger charge is 2.12. The Morgan fingerprint density at radius 2 is 2.42 bits per heavy atom. The van der Waals surface area contributed by atoms with E-state index in [1.54, 1.807) is 20.0 Å². The summed E-state index contributed by atoms with van der Waals surface area (Å²) in [6, 6.07) is 0. The Morgan fingerprint density at radius 1 is 1.75 bits per heavy atom. The molecule has 66 valence electrons. The summed E-state index contributed by atoms with van der Waals surface area (Å²) < 4.78 is 19.4. The Labute approximate surface area is 70.5 Å². The number of methoxy groups -OCH3 is 1. The summed E-state index contributed by atoms with van der Waals surface area (Å²) in [7, 11) is 3.17. The molecule has 0 unspecified atom stereocenters. The average molecular weight is 170 g/mol. The Hall–Kier alpha value is -1.32. The Morgan fingerprint density at radius 3 is 2.75 bits per heavy atom. The molecule has 1 aromatic rings. The van der Waals surface area contributed by atoms with Gasteiger partial charge in [0, 0.05) is 7.05 Å². The summed E-state index contributed by atoms with van der Waals surface area (Å²) in [6.07, 6.45) is 2.86. The minimum Gasteiger partial charge on any atom is -0.495 e. The van der Waals surface area contributed by atoms with Gasteiger partial charge in [0.25, 0.3) is 0 Å². The quantitative estimate of drug-likeness (QED) is 0.630. The molecule has 0 N–H and O–H groups in total. The zero-order valence-corrected chi connectivity index (χ0v) is 7.34. The van der Waals surface area contributed by atoms with Crippen LogP contribution in [0.25, 0.3) is 5.76 Å². The first-order valence-corrected chi connectivity index (χ1v) is 3.59. The van der Waals surface area contributed by atoms with Gasteiger partial charge in [0.15, 0.2) is 5.82 Å². The van der Waals surface area contributed by atoms with Crippen LogP contribution in [0.5, 0.6) is 0 Å². The monoisotopic (exact) mass is 170 g/mol. The van der Waals surface area contributed by atoms with Crippen molar-refractivity contribution in [3.05, 3.63) is 23.8 Å². The SMILES string of the molecule is C/C=C(/OC)c1c(F)cnn1C. The highest BCUT2D eigenvalue weighted by molar-refractivity contribution is 5.56. The fourth-order valence-corrected chi connectivity index (χ4v) is 1.04. The van der Waals surface area contributed by atoms with Crippen molar-refractivity contribution in [2.75, 3.05) is 7.11 Å². The van der Waals surface area contributed by atoms with Crippen LogP contribution in [0.4, 0.5) is 4.39 Å². The second-order valence-corrected chi connectivity index (χ2v) is 2.32. The van der Waals surface area contributed by atoms with E-state index < -0.39 is 0 Å². The maximum atomic E-state index is 13.0. The van der Waals surface area contributed by atoms with Crippen LogP contribution >= 0.6 is 0 Å². The van der Waals surface area contributed by atoms with Crippen LogP contribution in [0, 0.1) is 5.82 Å². The van der Waals surface area contributed by atoms with Crippen LogP contribution in [-0.2, 0) is 11.8 Å². The fraction of sp³-hybridized carbons (Fsp3) is 0.375. The summed E-state index contributed by atoms with van der Waals surface area (Å²) in [6.45, 7) is 1.78. The molecule has 1 heterocycles. The number of aryl methyl sites for hydroxylation is 1. The Balaban J connectivity index is 3.16. The van der Waals surface area contributed by atoms with Crippen molar-refractivity contribution in [1.82, 2.24) is 9.78 Å². The predicted molar refractivity (Wildman–Crippen MR) is 43.8 cm³/mol. The fourth-order valence-electron chi connectivity index (χ4n) is 1.04. The van der Waals surface area contributed by atoms with Crippen LogP contribution in [0.3, 0.4) is 0 Å². The van der Waals surface area contributed by atoms with Crippen molar-refractivity contribution >= 4 is 5.76 Å². The van der Waals surface area contributed by atoms with E-state index in [1.807, 2.05) is 0 Å². The number of hydrogen-bond donors (Lipinski definition) is 0. The number of hydrogen-bond acceptors (Lipinski definition) is 2. The lowest BCUT2D eigenvalue weighted by molar-refractivity contribution is 0.361. The Kier molecular flexibility index (Phi) is 2.47. The lowest BCUT2D eigenvalue weighted by Gasteiger charge is -2.04. The van der Waals surface area contributed by atoms with Gasteiger partial charge in [0.1, 0.15) is 11.5 Å². The molecule has 1 aromatic heterocycles. The van der Waals surface area contributed by atoms with Gasteiger partial charge in [-0.05, 0) is 13.0 Å². The van der Waals surface area contributed by atoms with Crippen molar-refractivity contribution in [2.24, 2.45) is 7.05 Å². The first-order chi connectivity index (χ1) is 5.70. The summed E-state index contributed by atoms with van der Waals surface area (Å²) in [5.74, 6) is 0.125. The van der Waals surface area contributed by atoms with Gasteiger partial charge < -0.3 is 4.74 Å². The van der Waals surface area contributed by atoms with E-state index in [0.717, 1.165) is 6.20 Å². The van der Waals surface area contributed by atoms with Crippen LogP contribution in [0.15, 0.2) is 12.3 Å². The molecule has 4 heteroatoms. The van der Waals surface area contributed by atoms with Gasteiger partial charge in [-0.2, -0.15) is 5.10 Å². The maximum absolute atomic E-state index is 13.0. The molecule has 1 rings (SSSR count). The minimum absolute atomic E-state index is 0.368. The van der Waals surface area contributed by atoms with Gasteiger partial charge in [-0.1, -0.05) is 0 Å². The van der Waals surface area contributed by atoms with E-state index >= 15 is 0 Å². The highest BCUT2D eigenvalue weighted by Crippen LogP contribution is 2.16. The van der Waals surface area contributed by atoms with Crippen molar-refractivity contribution in [1.29, 1.82) is 0 Å². The second-order valence-electron chi connectivity index (χ2n) is 2.32. The molecule has 0 aliphatic carbocycles. The van der Waals surface area contributed by atoms with E-state index in [1.165, 1.54) is 11.8 Å². The van der Waals surface area contributed by atoms with Gasteiger partial charge in [0.2, 0.25) is 0 Å². The molecular formula is C8H11FN2O. The molecule has 12 heavy (non-hydrogen) atoms. The summed E-state index contributed by atoms with van der Waals surface area (Å²) in [5, 5.41) is 3.75. The number of rotatable bonds is 2. The molecule has 0 aromatic carbocycles. The zero-order chi connectivity index (χ0) is 9.14. The number of halogens is 1. The minimum atomic E-state index is -0.368. The molecule has 0 bridgehead atoms. The third kappa shape index (κ3) is 1.32. The molecule has 0 saturated heterocycles. The molecule has 0 saturated carbocycles. The van der Waals surface area contributed by atoms with E-state index in [9.17, 15) is 4.39 Å². The van der Waals surface area contributed by atoms with Crippen molar-refractivity contribution < 1.29 is 9.13 Å². The summed E-state index contributed by atoms with van der Waals surface area (Å²) in [5.41, 5.74) is 0.375. The van der Waals surface area contributed by atoms with E-state index in [0.29, 0.717) is 11.5 Å². The topological polar surface area (TPSA) is 27.1 Å². The maximum Gasteiger partial charge on any atom is 0.172 e. The van der Waals surface area contributed by atoms with Crippen LogP contribution < -0.4 is 0 Å². The van der Waals surface area contributed by atoms with Gasteiger partial charge >= 0.3 is 0 Å². The van der Waals surface area contributed by atoms with Crippen LogP contribution in [0.1, 0.15) is 12.6 Å². The number of aromatic nitrogens is 2. The smallest absolute Gasteiger partial charge is 0.172 e. The largest absolute Gasteiger partial charge is 0.495 e. The van der Waals surface area contributed by atoms with Gasteiger partial charge in [-0.3, -0.25) is 4.68 Å². The summed E-state index contributed by atoms with van der Waals surface area (Å²) >= 11 is 0. The lowest BCUT2D eigenvalue weighted by Crippen LogP contribution is -2.00. The molecule has 0 spiro atoms. The van der Waals surface area contributed by atoms with Crippen LogP contribution in [0.2, 0.25) is 0 Å². The predicted octanol–water partition coefficient (Wildman–Crippen LogP) is 1.57. The Bertz CT molecular complexity index is 285. The molecular weight excluding hydrogens is 159 g/mol. The first-order valence-electron chi connectivity index (χ1n) is 3.59. The third-order valence-electron chi connectivity index (χ3n) is 1.61. The lowest BCUT2D eigenvalue weighted by atomic mass is 10.3.